The topological polar surface area (TPSA) is 114 Å². The van der Waals surface area contributed by atoms with E-state index in [-0.39, 0.29) is 23.8 Å². The molecule has 38 heavy (non-hydrogen) atoms. The fraction of sp³-hybridized carbons (Fsp3) is 0.300. The Morgan fingerprint density at radius 3 is 2.24 bits per heavy atom. The second-order valence-corrected chi connectivity index (χ2v) is 9.41. The number of ketones is 1. The van der Waals surface area contributed by atoms with Gasteiger partial charge in [0.15, 0.2) is 5.78 Å². The number of likely N-dealkylation sites (N-methyl/N-ethyl adjacent to an activating group) is 1. The number of amides is 2. The van der Waals surface area contributed by atoms with E-state index in [1.807, 2.05) is 73.6 Å². The van der Waals surface area contributed by atoms with E-state index >= 15 is 0 Å². The molecule has 0 aromatic heterocycles. The molecule has 0 saturated carbocycles. The average Bonchev–Trinajstić information content (AvgIpc) is 2.90. The maximum Gasteiger partial charge on any atom is 0.417 e. The molecule has 0 bridgehead atoms. The van der Waals surface area contributed by atoms with E-state index in [1.54, 1.807) is 31.2 Å². The van der Waals surface area contributed by atoms with Crippen LogP contribution >= 0.6 is 0 Å². The van der Waals surface area contributed by atoms with Crippen LogP contribution in [0.5, 0.6) is 5.75 Å². The van der Waals surface area contributed by atoms with Crippen LogP contribution in [0.25, 0.3) is 0 Å². The zero-order valence-corrected chi connectivity index (χ0v) is 22.1. The van der Waals surface area contributed by atoms with E-state index in [4.69, 9.17) is 10.5 Å². The van der Waals surface area contributed by atoms with Crippen molar-refractivity contribution in [2.24, 2.45) is 5.73 Å². The Labute approximate surface area is 224 Å². The standard InChI is InChI=1S/C30H36N4O4/c1-21(29(31)36)32-19-9-11-23-10-7-8-14-26(23)28(35)27(34(2)3)20-22-15-17-25(18-16-22)38-30(37)33-24-12-5-4-6-13-24/h4-8,10,12-18,21,27,32H,9,11,19-20H2,1-3H3,(H2,31,36)(H,33,37)/t21-,27-/m0/s1. The van der Waals surface area contributed by atoms with Crippen LogP contribution in [-0.2, 0) is 17.6 Å². The van der Waals surface area contributed by atoms with Crippen molar-refractivity contribution in [3.05, 3.63) is 95.6 Å². The number of nitrogens with one attached hydrogen (secondary N) is 2. The second kappa shape index (κ2) is 14.1. The third-order valence-electron chi connectivity index (χ3n) is 6.29. The molecule has 3 aromatic rings. The van der Waals surface area contributed by atoms with Crippen molar-refractivity contribution in [2.45, 2.75) is 38.3 Å². The Bertz CT molecular complexity index is 1210. The SMILES string of the molecule is C[C@H](NCCCc1ccccc1C(=O)[C@H](Cc1ccc(OC(=O)Nc2ccccc2)cc1)N(C)C)C(N)=O. The molecular weight excluding hydrogens is 480 g/mol. The van der Waals surface area contributed by atoms with Crippen LogP contribution in [0.15, 0.2) is 78.9 Å². The Morgan fingerprint density at radius 1 is 0.921 bits per heavy atom. The van der Waals surface area contributed by atoms with E-state index in [0.717, 1.165) is 17.5 Å². The van der Waals surface area contributed by atoms with Gasteiger partial charge in [-0.15, -0.1) is 0 Å². The van der Waals surface area contributed by atoms with Gasteiger partial charge in [0.05, 0.1) is 12.1 Å². The van der Waals surface area contributed by atoms with E-state index in [2.05, 4.69) is 10.6 Å². The van der Waals surface area contributed by atoms with Gasteiger partial charge >= 0.3 is 6.09 Å². The Balaban J connectivity index is 1.62. The molecular formula is C30H36N4O4. The molecule has 0 aliphatic heterocycles. The molecule has 3 aromatic carbocycles. The lowest BCUT2D eigenvalue weighted by molar-refractivity contribution is -0.119. The summed E-state index contributed by atoms with van der Waals surface area (Å²) in [6, 6.07) is 23.2. The van der Waals surface area contributed by atoms with E-state index < -0.39 is 6.09 Å². The number of primary amides is 1. The van der Waals surface area contributed by atoms with Gasteiger partial charge in [0.25, 0.3) is 0 Å². The minimum absolute atomic E-state index is 0.0478. The number of Topliss-reactive ketones (excluding diaryl/α,β-unsaturated/α-hetero) is 1. The molecule has 8 heteroatoms. The molecule has 0 spiro atoms. The van der Waals surface area contributed by atoms with E-state index in [9.17, 15) is 14.4 Å². The Hall–Kier alpha value is -4.01. The first-order valence-corrected chi connectivity index (χ1v) is 12.7. The van der Waals surface area contributed by atoms with E-state index in [0.29, 0.717) is 36.4 Å². The number of hydrogen-bond donors (Lipinski definition) is 3. The number of nitrogens with two attached hydrogens (primary N) is 1. The third-order valence-corrected chi connectivity index (χ3v) is 6.29. The molecule has 0 aliphatic carbocycles. The summed E-state index contributed by atoms with van der Waals surface area (Å²) < 4.78 is 5.37. The molecule has 0 heterocycles. The molecule has 2 atom stereocenters. The van der Waals surface area contributed by atoms with Crippen LogP contribution in [0.4, 0.5) is 10.5 Å². The highest BCUT2D eigenvalue weighted by Crippen LogP contribution is 2.20. The molecule has 3 rings (SSSR count). The number of nitrogens with zero attached hydrogens (tertiary/aromatic N) is 1. The number of para-hydroxylation sites is 1. The van der Waals surface area contributed by atoms with Gasteiger partial charge in [-0.3, -0.25) is 19.8 Å². The van der Waals surface area contributed by atoms with Gasteiger partial charge in [-0.05, 0) is 82.2 Å². The fourth-order valence-electron chi connectivity index (χ4n) is 4.05. The number of carbonyl (C=O) groups is 3. The number of ether oxygens (including phenoxy) is 1. The third kappa shape index (κ3) is 8.54. The van der Waals surface area contributed by atoms with Gasteiger partial charge < -0.3 is 15.8 Å². The quantitative estimate of drug-likeness (QED) is 0.233. The van der Waals surface area contributed by atoms with Gasteiger partial charge in [0, 0.05) is 11.3 Å². The smallest absolute Gasteiger partial charge is 0.410 e. The Kier molecular flexibility index (Phi) is 10.6. The molecule has 200 valence electrons. The van der Waals surface area contributed by atoms with Crippen LogP contribution in [0.1, 0.15) is 34.8 Å². The number of rotatable bonds is 13. The lowest BCUT2D eigenvalue weighted by atomic mass is 9.92. The van der Waals surface area contributed by atoms with Crippen LogP contribution in [0, 0.1) is 0 Å². The summed E-state index contributed by atoms with van der Waals surface area (Å²) >= 11 is 0. The van der Waals surface area contributed by atoms with Gasteiger partial charge in [0.1, 0.15) is 5.75 Å². The van der Waals surface area contributed by atoms with Crippen molar-refractivity contribution in [1.82, 2.24) is 10.2 Å². The van der Waals surface area contributed by atoms with Crippen LogP contribution < -0.4 is 21.1 Å². The van der Waals surface area contributed by atoms with Crippen LogP contribution in [0.2, 0.25) is 0 Å². The lowest BCUT2D eigenvalue weighted by Crippen LogP contribution is -2.39. The van der Waals surface area contributed by atoms with Crippen LogP contribution in [-0.4, -0.2) is 55.4 Å². The Morgan fingerprint density at radius 2 is 1.58 bits per heavy atom. The first-order chi connectivity index (χ1) is 18.2. The number of aryl methyl sites for hydroxylation is 1. The van der Waals surface area contributed by atoms with Crippen LogP contribution in [0.3, 0.4) is 0 Å². The number of anilines is 1. The first-order valence-electron chi connectivity index (χ1n) is 12.7. The van der Waals surface area contributed by atoms with E-state index in [1.165, 1.54) is 0 Å². The second-order valence-electron chi connectivity index (χ2n) is 9.41. The number of carbonyl (C=O) groups excluding carboxylic acids is 3. The molecule has 8 nitrogen and oxygen atoms in total. The van der Waals surface area contributed by atoms with Crippen molar-refractivity contribution >= 4 is 23.5 Å². The molecule has 0 saturated heterocycles. The lowest BCUT2D eigenvalue weighted by Gasteiger charge is -2.24. The summed E-state index contributed by atoms with van der Waals surface area (Å²) in [6.07, 6.45) is 1.42. The first kappa shape index (κ1) is 28.6. The maximum atomic E-state index is 13.6. The van der Waals surface area contributed by atoms with Gasteiger partial charge in [-0.25, -0.2) is 4.79 Å². The summed E-state index contributed by atoms with van der Waals surface area (Å²) in [5.41, 5.74) is 8.58. The predicted octanol–water partition coefficient (Wildman–Crippen LogP) is 4.05. The maximum absolute atomic E-state index is 13.6. The summed E-state index contributed by atoms with van der Waals surface area (Å²) in [5, 5.41) is 5.78. The van der Waals surface area contributed by atoms with Gasteiger partial charge in [-0.2, -0.15) is 0 Å². The molecule has 0 radical (unpaired) electrons. The molecule has 0 fully saturated rings. The summed E-state index contributed by atoms with van der Waals surface area (Å²) in [7, 11) is 3.79. The van der Waals surface area contributed by atoms with Crippen molar-refractivity contribution in [2.75, 3.05) is 26.0 Å². The highest BCUT2D eigenvalue weighted by Gasteiger charge is 2.24. The zero-order chi connectivity index (χ0) is 27.5. The van der Waals surface area contributed by atoms with Crippen molar-refractivity contribution < 1.29 is 19.1 Å². The number of benzene rings is 3. The zero-order valence-electron chi connectivity index (χ0n) is 22.1. The number of hydrogen-bond acceptors (Lipinski definition) is 6. The molecule has 2 amide bonds. The highest BCUT2D eigenvalue weighted by molar-refractivity contribution is 6.01. The normalized spacial score (nSPS) is 12.5. The largest absolute Gasteiger partial charge is 0.417 e. The monoisotopic (exact) mass is 516 g/mol. The molecule has 0 unspecified atom stereocenters. The minimum atomic E-state index is -0.568. The molecule has 4 N–H and O–H groups in total. The molecule has 0 aliphatic rings. The fourth-order valence-corrected chi connectivity index (χ4v) is 4.05. The predicted molar refractivity (Wildman–Crippen MR) is 149 cm³/mol. The van der Waals surface area contributed by atoms with Gasteiger partial charge in [-0.1, -0.05) is 54.6 Å². The minimum Gasteiger partial charge on any atom is -0.410 e. The average molecular weight is 517 g/mol. The summed E-state index contributed by atoms with van der Waals surface area (Å²) in [6.45, 7) is 2.36. The summed E-state index contributed by atoms with van der Waals surface area (Å²) in [5.74, 6) is 0.0793. The van der Waals surface area contributed by atoms with Crippen molar-refractivity contribution in [3.63, 3.8) is 0 Å². The van der Waals surface area contributed by atoms with Crippen molar-refractivity contribution in [1.29, 1.82) is 0 Å². The van der Waals surface area contributed by atoms with Crippen molar-refractivity contribution in [3.8, 4) is 5.75 Å². The highest BCUT2D eigenvalue weighted by atomic mass is 16.6. The summed E-state index contributed by atoms with van der Waals surface area (Å²) in [4.78, 5) is 38.9. The van der Waals surface area contributed by atoms with Gasteiger partial charge in [0.2, 0.25) is 5.91 Å².